The average Bonchev–Trinajstić information content (AvgIpc) is 3.48. The van der Waals surface area contributed by atoms with Crippen molar-refractivity contribution in [2.24, 2.45) is 0 Å². The summed E-state index contributed by atoms with van der Waals surface area (Å²) in [7, 11) is 0. The minimum atomic E-state index is -0.968. The standard InChI is InChI=1S/C29H33N5O3/c35-27-23-9-6-10-24(26(23)28(36)34(27)21-29(37)12-3-1-4-13-29)32-18-16-31(17-19-32)20-22-8-7-15-33(22)25-11-2-5-14-30-25/h2,5-11,14-15,37H,1,3-4,12-13,16-21H2. The molecular weight excluding hydrogens is 466 g/mol. The van der Waals surface area contributed by atoms with Gasteiger partial charge in [0.15, 0.2) is 0 Å². The number of piperazine rings is 1. The van der Waals surface area contributed by atoms with E-state index >= 15 is 0 Å². The fourth-order valence-electron chi connectivity index (χ4n) is 6.03. The van der Waals surface area contributed by atoms with Crippen LogP contribution in [0.5, 0.6) is 0 Å². The van der Waals surface area contributed by atoms with Crippen LogP contribution in [0.2, 0.25) is 0 Å². The highest BCUT2D eigenvalue weighted by Crippen LogP contribution is 2.36. The lowest BCUT2D eigenvalue weighted by atomic mass is 9.84. The summed E-state index contributed by atoms with van der Waals surface area (Å²) in [5, 5.41) is 11.0. The van der Waals surface area contributed by atoms with Crippen LogP contribution in [0.4, 0.5) is 5.69 Å². The summed E-state index contributed by atoms with van der Waals surface area (Å²) in [5.41, 5.74) is 1.99. The van der Waals surface area contributed by atoms with Crippen molar-refractivity contribution >= 4 is 17.5 Å². The molecule has 37 heavy (non-hydrogen) atoms. The minimum Gasteiger partial charge on any atom is -0.388 e. The van der Waals surface area contributed by atoms with Crippen LogP contribution in [0, 0.1) is 0 Å². The number of anilines is 1. The van der Waals surface area contributed by atoms with Crippen molar-refractivity contribution in [1.82, 2.24) is 19.4 Å². The van der Waals surface area contributed by atoms with Crippen molar-refractivity contribution in [1.29, 1.82) is 0 Å². The molecule has 0 radical (unpaired) electrons. The number of amides is 2. The maximum atomic E-state index is 13.5. The molecule has 6 rings (SSSR count). The number of rotatable bonds is 6. The Balaban J connectivity index is 1.15. The van der Waals surface area contributed by atoms with E-state index in [1.54, 1.807) is 12.3 Å². The first-order chi connectivity index (χ1) is 18.0. The molecule has 8 heteroatoms. The lowest BCUT2D eigenvalue weighted by molar-refractivity contribution is -0.0177. The third kappa shape index (κ3) is 4.55. The third-order valence-corrected chi connectivity index (χ3v) is 8.04. The Morgan fingerprint density at radius 2 is 1.68 bits per heavy atom. The monoisotopic (exact) mass is 499 g/mol. The van der Waals surface area contributed by atoms with E-state index in [4.69, 9.17) is 0 Å². The van der Waals surface area contributed by atoms with Crippen LogP contribution >= 0.6 is 0 Å². The highest BCUT2D eigenvalue weighted by atomic mass is 16.3. The van der Waals surface area contributed by atoms with Gasteiger partial charge < -0.3 is 14.6 Å². The number of nitrogens with zero attached hydrogens (tertiary/aromatic N) is 5. The molecule has 1 aromatic carbocycles. The zero-order valence-electron chi connectivity index (χ0n) is 21.1. The fraction of sp³-hybridized carbons (Fsp3) is 0.414. The van der Waals surface area contributed by atoms with Crippen LogP contribution in [-0.4, -0.2) is 74.6 Å². The zero-order chi connectivity index (χ0) is 25.4. The molecule has 1 aliphatic carbocycles. The largest absolute Gasteiger partial charge is 0.388 e. The summed E-state index contributed by atoms with van der Waals surface area (Å²) in [6.07, 6.45) is 8.08. The van der Waals surface area contributed by atoms with Crippen molar-refractivity contribution in [3.8, 4) is 5.82 Å². The topological polar surface area (TPSA) is 81.9 Å². The maximum absolute atomic E-state index is 13.5. The van der Waals surface area contributed by atoms with Gasteiger partial charge in [-0.25, -0.2) is 4.98 Å². The number of aromatic nitrogens is 2. The summed E-state index contributed by atoms with van der Waals surface area (Å²) in [6, 6.07) is 15.6. The maximum Gasteiger partial charge on any atom is 0.263 e. The van der Waals surface area contributed by atoms with Crippen molar-refractivity contribution < 1.29 is 14.7 Å². The van der Waals surface area contributed by atoms with E-state index in [2.05, 4.69) is 25.4 Å². The number of hydrogen-bond donors (Lipinski definition) is 1. The Morgan fingerprint density at radius 3 is 2.43 bits per heavy atom. The van der Waals surface area contributed by atoms with Crippen LogP contribution < -0.4 is 4.90 Å². The average molecular weight is 500 g/mol. The van der Waals surface area contributed by atoms with Gasteiger partial charge in [-0.1, -0.05) is 31.4 Å². The van der Waals surface area contributed by atoms with Gasteiger partial charge in [0.05, 0.1) is 29.0 Å². The van der Waals surface area contributed by atoms with E-state index < -0.39 is 5.60 Å². The first-order valence-corrected chi connectivity index (χ1v) is 13.3. The fourth-order valence-corrected chi connectivity index (χ4v) is 6.03. The number of aliphatic hydroxyl groups is 1. The van der Waals surface area contributed by atoms with Crippen LogP contribution in [0.1, 0.15) is 58.5 Å². The smallest absolute Gasteiger partial charge is 0.263 e. The molecule has 8 nitrogen and oxygen atoms in total. The Hall–Kier alpha value is -3.49. The van der Waals surface area contributed by atoms with E-state index in [0.29, 0.717) is 24.0 Å². The lowest BCUT2D eigenvalue weighted by Gasteiger charge is -2.37. The Kier molecular flexibility index (Phi) is 6.30. The number of pyridine rings is 1. The molecule has 2 aromatic heterocycles. The highest BCUT2D eigenvalue weighted by Gasteiger charge is 2.43. The van der Waals surface area contributed by atoms with E-state index in [1.807, 2.05) is 42.6 Å². The summed E-state index contributed by atoms with van der Waals surface area (Å²) < 4.78 is 2.12. The van der Waals surface area contributed by atoms with Gasteiger partial charge in [0.25, 0.3) is 11.8 Å². The SMILES string of the molecule is O=C1c2cccc(N3CCN(Cc4cccn4-c4ccccn4)CC3)c2C(=O)N1CC1(O)CCCCC1. The van der Waals surface area contributed by atoms with Crippen LogP contribution in [0.25, 0.3) is 5.82 Å². The number of carbonyl (C=O) groups excluding carboxylic acids is 2. The molecule has 2 fully saturated rings. The minimum absolute atomic E-state index is 0.0858. The number of hydrogen-bond acceptors (Lipinski definition) is 6. The molecule has 1 saturated carbocycles. The molecule has 2 amide bonds. The molecule has 4 heterocycles. The summed E-state index contributed by atoms with van der Waals surface area (Å²) >= 11 is 0. The van der Waals surface area contributed by atoms with Gasteiger partial charge in [-0.3, -0.25) is 19.4 Å². The second-order valence-corrected chi connectivity index (χ2v) is 10.5. The second kappa shape index (κ2) is 9.76. The van der Waals surface area contributed by atoms with Gasteiger partial charge in [0, 0.05) is 50.8 Å². The molecule has 0 unspecified atom stereocenters. The number of fused-ring (bicyclic) bond motifs is 1. The molecule has 0 atom stereocenters. The molecular formula is C29H33N5O3. The van der Waals surface area contributed by atoms with Gasteiger partial charge in [-0.05, 0) is 49.2 Å². The predicted octanol–water partition coefficient (Wildman–Crippen LogP) is 3.49. The van der Waals surface area contributed by atoms with E-state index in [-0.39, 0.29) is 18.4 Å². The molecule has 2 aliphatic heterocycles. The number of benzene rings is 1. The van der Waals surface area contributed by atoms with Gasteiger partial charge >= 0.3 is 0 Å². The number of β-amino-alcohol motifs (C(OH)–C–C–N with tert-alkyl or cyclic N) is 1. The molecule has 1 saturated heterocycles. The number of carbonyl (C=O) groups is 2. The Bertz CT molecular complexity index is 1290. The first kappa shape index (κ1) is 23.9. The van der Waals surface area contributed by atoms with Gasteiger partial charge in [0.2, 0.25) is 0 Å². The number of imide groups is 1. The Morgan fingerprint density at radius 1 is 0.865 bits per heavy atom. The summed E-state index contributed by atoms with van der Waals surface area (Å²) in [6.45, 7) is 4.14. The molecule has 1 N–H and O–H groups in total. The first-order valence-electron chi connectivity index (χ1n) is 13.3. The summed E-state index contributed by atoms with van der Waals surface area (Å²) in [5.74, 6) is 0.353. The van der Waals surface area contributed by atoms with Crippen LogP contribution in [0.15, 0.2) is 60.9 Å². The summed E-state index contributed by atoms with van der Waals surface area (Å²) in [4.78, 5) is 37.1. The van der Waals surface area contributed by atoms with Gasteiger partial charge in [0.1, 0.15) is 5.82 Å². The molecule has 3 aromatic rings. The molecule has 0 bridgehead atoms. The predicted molar refractivity (Wildman–Crippen MR) is 141 cm³/mol. The molecule has 3 aliphatic rings. The van der Waals surface area contributed by atoms with Gasteiger partial charge in [-0.2, -0.15) is 0 Å². The second-order valence-electron chi connectivity index (χ2n) is 10.5. The highest BCUT2D eigenvalue weighted by molar-refractivity contribution is 6.23. The van der Waals surface area contributed by atoms with Crippen molar-refractivity contribution in [3.05, 3.63) is 77.7 Å². The third-order valence-electron chi connectivity index (χ3n) is 8.04. The zero-order valence-corrected chi connectivity index (χ0v) is 21.1. The van der Waals surface area contributed by atoms with E-state index in [0.717, 1.165) is 63.5 Å². The van der Waals surface area contributed by atoms with Crippen LogP contribution in [0.3, 0.4) is 0 Å². The van der Waals surface area contributed by atoms with Crippen molar-refractivity contribution in [3.63, 3.8) is 0 Å². The van der Waals surface area contributed by atoms with Crippen molar-refractivity contribution in [2.45, 2.75) is 44.2 Å². The van der Waals surface area contributed by atoms with Gasteiger partial charge in [-0.15, -0.1) is 0 Å². The lowest BCUT2D eigenvalue weighted by Crippen LogP contribution is -2.47. The van der Waals surface area contributed by atoms with Crippen LogP contribution in [-0.2, 0) is 6.54 Å². The Labute approximate surface area is 217 Å². The van der Waals surface area contributed by atoms with E-state index in [1.165, 1.54) is 10.6 Å². The normalized spacial score (nSPS) is 19.9. The molecule has 0 spiro atoms. The quantitative estimate of drug-likeness (QED) is 0.523. The van der Waals surface area contributed by atoms with Crippen molar-refractivity contribution in [2.75, 3.05) is 37.6 Å². The van der Waals surface area contributed by atoms with E-state index in [9.17, 15) is 14.7 Å². The molecule has 192 valence electrons.